The first kappa shape index (κ1) is 15.8. The summed E-state index contributed by atoms with van der Waals surface area (Å²) in [5, 5.41) is 15.8. The second-order valence-corrected chi connectivity index (χ2v) is 7.27. The number of benzene rings is 3. The first-order valence-corrected chi connectivity index (χ1v) is 9.48. The van der Waals surface area contributed by atoms with Gasteiger partial charge in [0.2, 0.25) is 0 Å². The summed E-state index contributed by atoms with van der Waals surface area (Å²) in [6, 6.07) is 24.1. The van der Waals surface area contributed by atoms with Crippen LogP contribution in [0.1, 0.15) is 9.67 Å². The third kappa shape index (κ3) is 2.88. The molecule has 0 saturated heterocycles. The van der Waals surface area contributed by atoms with Gasteiger partial charge in [-0.05, 0) is 46.5 Å². The molecule has 0 unspecified atom stereocenters. The highest BCUT2D eigenvalue weighted by Gasteiger charge is 2.12. The maximum atomic E-state index is 12.3. The van der Waals surface area contributed by atoms with E-state index in [-0.39, 0.29) is 5.91 Å². The van der Waals surface area contributed by atoms with Crippen molar-refractivity contribution in [1.82, 2.24) is 10.2 Å². The summed E-state index contributed by atoms with van der Waals surface area (Å²) in [5.41, 5.74) is 3.61. The van der Waals surface area contributed by atoms with Crippen molar-refractivity contribution in [2.75, 3.05) is 5.32 Å². The van der Waals surface area contributed by atoms with Crippen molar-refractivity contribution in [2.24, 2.45) is 0 Å². The van der Waals surface area contributed by atoms with E-state index in [1.807, 2.05) is 47.8 Å². The molecule has 0 saturated carbocycles. The van der Waals surface area contributed by atoms with Crippen LogP contribution in [0.2, 0.25) is 0 Å². The molecule has 2 N–H and O–H groups in total. The molecule has 1 amide bonds. The highest BCUT2D eigenvalue weighted by Crippen LogP contribution is 2.30. The monoisotopic (exact) mass is 369 g/mol. The smallest absolute Gasteiger partial charge is 0.265 e. The van der Waals surface area contributed by atoms with Gasteiger partial charge < -0.3 is 5.32 Å². The van der Waals surface area contributed by atoms with E-state index >= 15 is 0 Å². The molecule has 3 aromatic carbocycles. The fraction of sp³-hybridized carbons (Fsp3) is 0. The molecule has 2 heterocycles. The first-order valence-electron chi connectivity index (χ1n) is 8.60. The lowest BCUT2D eigenvalue weighted by Gasteiger charge is -2.05. The third-order valence-electron chi connectivity index (χ3n) is 4.59. The zero-order valence-corrected chi connectivity index (χ0v) is 15.1. The lowest BCUT2D eigenvalue weighted by Crippen LogP contribution is -2.09. The number of hydrogen-bond donors (Lipinski definition) is 2. The summed E-state index contributed by atoms with van der Waals surface area (Å²) >= 11 is 1.43. The Morgan fingerprint density at radius 1 is 0.926 bits per heavy atom. The number of aromatic nitrogens is 2. The van der Waals surface area contributed by atoms with Crippen LogP contribution in [0.5, 0.6) is 0 Å². The summed E-state index contributed by atoms with van der Waals surface area (Å²) in [5.74, 6) is -0.0971. The van der Waals surface area contributed by atoms with Crippen LogP contribution < -0.4 is 5.32 Å². The minimum Gasteiger partial charge on any atom is -0.321 e. The molecule has 5 aromatic rings. The van der Waals surface area contributed by atoms with Crippen LogP contribution in [0.25, 0.3) is 32.9 Å². The molecule has 0 aliphatic carbocycles. The molecule has 0 radical (unpaired) electrons. The lowest BCUT2D eigenvalue weighted by atomic mass is 10.0. The van der Waals surface area contributed by atoms with E-state index in [1.165, 1.54) is 22.1 Å². The number of carbonyl (C=O) groups excluding carboxylic acids is 1. The van der Waals surface area contributed by atoms with Crippen molar-refractivity contribution in [2.45, 2.75) is 0 Å². The minimum absolute atomic E-state index is 0.0971. The van der Waals surface area contributed by atoms with Crippen molar-refractivity contribution >= 4 is 44.6 Å². The maximum absolute atomic E-state index is 12.3. The number of amides is 1. The standard InChI is InChI=1S/C22H15N3OS/c26-22(20-6-3-11-27-20)23-17-9-10-19-18(13-17)21(25-24-19)16-8-7-14-4-1-2-5-15(14)12-16/h1-13H,(H,23,26)(H,24,25). The van der Waals surface area contributed by atoms with Crippen LogP contribution in [0, 0.1) is 0 Å². The van der Waals surface area contributed by atoms with E-state index in [4.69, 9.17) is 0 Å². The van der Waals surface area contributed by atoms with Crippen molar-refractivity contribution in [3.8, 4) is 11.3 Å². The number of thiophene rings is 1. The number of aromatic amines is 1. The van der Waals surface area contributed by atoms with Crippen molar-refractivity contribution in [3.05, 3.63) is 83.1 Å². The number of nitrogens with one attached hydrogen (secondary N) is 2. The first-order chi connectivity index (χ1) is 13.3. The molecule has 0 atom stereocenters. The van der Waals surface area contributed by atoms with Gasteiger partial charge in [0, 0.05) is 16.6 Å². The Balaban J connectivity index is 1.55. The summed E-state index contributed by atoms with van der Waals surface area (Å²) in [4.78, 5) is 13.0. The molecular formula is C22H15N3OS. The largest absolute Gasteiger partial charge is 0.321 e. The van der Waals surface area contributed by atoms with Gasteiger partial charge in [-0.3, -0.25) is 9.89 Å². The van der Waals surface area contributed by atoms with Crippen LogP contribution in [0.4, 0.5) is 5.69 Å². The number of fused-ring (bicyclic) bond motifs is 2. The maximum Gasteiger partial charge on any atom is 0.265 e. The molecule has 2 aromatic heterocycles. The van der Waals surface area contributed by atoms with Crippen LogP contribution in [-0.4, -0.2) is 16.1 Å². The Morgan fingerprint density at radius 3 is 2.67 bits per heavy atom. The van der Waals surface area contributed by atoms with E-state index in [2.05, 4.69) is 45.8 Å². The second kappa shape index (κ2) is 6.37. The van der Waals surface area contributed by atoms with Gasteiger partial charge in [0.1, 0.15) is 0 Å². The molecule has 5 heteroatoms. The molecule has 130 valence electrons. The van der Waals surface area contributed by atoms with E-state index in [1.54, 1.807) is 0 Å². The van der Waals surface area contributed by atoms with Crippen molar-refractivity contribution < 1.29 is 4.79 Å². The van der Waals surface area contributed by atoms with E-state index in [0.29, 0.717) is 4.88 Å². The van der Waals surface area contributed by atoms with E-state index in [9.17, 15) is 4.79 Å². The van der Waals surface area contributed by atoms with Gasteiger partial charge in [-0.1, -0.05) is 42.5 Å². The lowest BCUT2D eigenvalue weighted by molar-refractivity contribution is 0.103. The van der Waals surface area contributed by atoms with E-state index in [0.717, 1.165) is 27.8 Å². The molecule has 27 heavy (non-hydrogen) atoms. The van der Waals surface area contributed by atoms with Gasteiger partial charge in [0.25, 0.3) is 5.91 Å². The van der Waals surface area contributed by atoms with Gasteiger partial charge in [0.05, 0.1) is 16.1 Å². The minimum atomic E-state index is -0.0971. The molecule has 5 rings (SSSR count). The van der Waals surface area contributed by atoms with Gasteiger partial charge in [-0.15, -0.1) is 11.3 Å². The second-order valence-electron chi connectivity index (χ2n) is 6.33. The number of carbonyl (C=O) groups is 1. The number of rotatable bonds is 3. The van der Waals surface area contributed by atoms with Crippen molar-refractivity contribution in [3.63, 3.8) is 0 Å². The predicted octanol–water partition coefficient (Wildman–Crippen LogP) is 5.70. The molecule has 0 aliphatic heterocycles. The molecule has 0 spiro atoms. The average Bonchev–Trinajstić information content (AvgIpc) is 3.37. The average molecular weight is 369 g/mol. The number of hydrogen-bond acceptors (Lipinski definition) is 3. The fourth-order valence-electron chi connectivity index (χ4n) is 3.25. The summed E-state index contributed by atoms with van der Waals surface area (Å²) < 4.78 is 0. The molecular weight excluding hydrogens is 354 g/mol. The Hall–Kier alpha value is -3.44. The predicted molar refractivity (Wildman–Crippen MR) is 111 cm³/mol. The Morgan fingerprint density at radius 2 is 1.81 bits per heavy atom. The van der Waals surface area contributed by atoms with Gasteiger partial charge in [-0.2, -0.15) is 5.10 Å². The number of anilines is 1. The Labute approximate surface area is 159 Å². The van der Waals surface area contributed by atoms with E-state index < -0.39 is 0 Å². The van der Waals surface area contributed by atoms with Gasteiger partial charge in [0.15, 0.2) is 0 Å². The molecule has 0 aliphatic rings. The number of nitrogens with zero attached hydrogens (tertiary/aromatic N) is 1. The normalized spacial score (nSPS) is 11.1. The van der Waals surface area contributed by atoms with Gasteiger partial charge >= 0.3 is 0 Å². The topological polar surface area (TPSA) is 57.8 Å². The van der Waals surface area contributed by atoms with Gasteiger partial charge in [-0.25, -0.2) is 0 Å². The van der Waals surface area contributed by atoms with Crippen LogP contribution in [-0.2, 0) is 0 Å². The third-order valence-corrected chi connectivity index (χ3v) is 5.46. The summed E-state index contributed by atoms with van der Waals surface area (Å²) in [6.07, 6.45) is 0. The summed E-state index contributed by atoms with van der Waals surface area (Å²) in [7, 11) is 0. The SMILES string of the molecule is O=C(Nc1ccc2[nH]nc(-c3ccc4ccccc4c3)c2c1)c1cccs1. The van der Waals surface area contributed by atoms with Crippen LogP contribution in [0.3, 0.4) is 0 Å². The summed E-state index contributed by atoms with van der Waals surface area (Å²) in [6.45, 7) is 0. The molecule has 0 fully saturated rings. The highest BCUT2D eigenvalue weighted by atomic mass is 32.1. The Kier molecular flexibility index (Phi) is 3.73. The van der Waals surface area contributed by atoms with Crippen LogP contribution >= 0.6 is 11.3 Å². The van der Waals surface area contributed by atoms with Crippen LogP contribution in [0.15, 0.2) is 78.2 Å². The highest BCUT2D eigenvalue weighted by molar-refractivity contribution is 7.12. The zero-order chi connectivity index (χ0) is 18.2. The van der Waals surface area contributed by atoms with Crippen molar-refractivity contribution in [1.29, 1.82) is 0 Å². The zero-order valence-electron chi connectivity index (χ0n) is 14.3. The fourth-order valence-corrected chi connectivity index (χ4v) is 3.87. The molecule has 4 nitrogen and oxygen atoms in total. The molecule has 0 bridgehead atoms. The number of H-pyrrole nitrogens is 1. The quantitative estimate of drug-likeness (QED) is 0.429. The Bertz CT molecular complexity index is 1270.